The van der Waals surface area contributed by atoms with Crippen LogP contribution in [-0.4, -0.2) is 52.4 Å². The number of Topliss-reactive ketones (excluding diaryl/α,β-unsaturated/α-hetero) is 1. The summed E-state index contributed by atoms with van der Waals surface area (Å²) in [5, 5.41) is 2.88. The molecule has 0 saturated heterocycles. The molecule has 146 valence electrons. The van der Waals surface area contributed by atoms with Crippen LogP contribution in [0.5, 0.6) is 0 Å². The van der Waals surface area contributed by atoms with Gasteiger partial charge in [-0.05, 0) is 61.0 Å². The van der Waals surface area contributed by atoms with Gasteiger partial charge in [0.2, 0.25) is 0 Å². The van der Waals surface area contributed by atoms with Gasteiger partial charge in [0.15, 0.2) is 5.78 Å². The summed E-state index contributed by atoms with van der Waals surface area (Å²) in [6.07, 6.45) is 0. The highest BCUT2D eigenvalue weighted by Crippen LogP contribution is 2.22. The number of ketones is 1. The molecule has 1 heterocycles. The van der Waals surface area contributed by atoms with E-state index in [9.17, 15) is 14.4 Å². The first-order chi connectivity index (χ1) is 11.9. The second-order valence-electron chi connectivity index (χ2n) is 7.35. The summed E-state index contributed by atoms with van der Waals surface area (Å²) in [7, 11) is 0. The number of aromatic nitrogens is 1. The zero-order valence-corrected chi connectivity index (χ0v) is 17.1. The van der Waals surface area contributed by atoms with E-state index in [0.29, 0.717) is 23.4 Å². The number of rotatable bonds is 6. The summed E-state index contributed by atoms with van der Waals surface area (Å²) >= 11 is 0. The lowest BCUT2D eigenvalue weighted by Gasteiger charge is -2.31. The minimum atomic E-state index is -0.661. The van der Waals surface area contributed by atoms with E-state index >= 15 is 0 Å². The van der Waals surface area contributed by atoms with Crippen molar-refractivity contribution >= 4 is 17.8 Å². The smallest absolute Gasteiger partial charge is 0.355 e. The lowest BCUT2D eigenvalue weighted by Crippen LogP contribution is -2.53. The molecule has 0 aliphatic rings. The van der Waals surface area contributed by atoms with E-state index in [1.54, 1.807) is 27.7 Å². The van der Waals surface area contributed by atoms with Crippen LogP contribution in [0.25, 0.3) is 0 Å². The predicted octanol–water partition coefficient (Wildman–Crippen LogP) is 3.21. The molecule has 26 heavy (non-hydrogen) atoms. The third-order valence-electron chi connectivity index (χ3n) is 4.09. The van der Waals surface area contributed by atoms with E-state index in [4.69, 9.17) is 4.74 Å². The van der Waals surface area contributed by atoms with Crippen LogP contribution in [0.15, 0.2) is 0 Å². The van der Waals surface area contributed by atoms with Gasteiger partial charge in [-0.3, -0.25) is 4.79 Å². The number of nitrogens with zero attached hydrogens (tertiary/aromatic N) is 1. The molecule has 7 nitrogen and oxygen atoms in total. The number of amides is 2. The van der Waals surface area contributed by atoms with Crippen molar-refractivity contribution in [2.45, 2.75) is 67.0 Å². The molecule has 7 heteroatoms. The van der Waals surface area contributed by atoms with Crippen LogP contribution in [0, 0.1) is 13.8 Å². The summed E-state index contributed by atoms with van der Waals surface area (Å²) in [5.74, 6) is -0.699. The molecular formula is C19H31N3O4. The molecule has 0 unspecified atom stereocenters. The van der Waals surface area contributed by atoms with E-state index in [-0.39, 0.29) is 24.1 Å². The first-order valence-electron chi connectivity index (χ1n) is 8.93. The Morgan fingerprint density at radius 3 is 2.23 bits per heavy atom. The standard InChI is InChI=1S/C19H31N3O4/c1-9-22(18(25)21-19(6,7)8)13(5)16(23)14-11(3)15(20-12(14)4)17(24)26-10-2/h13,20H,9-10H2,1-8H3,(H,21,25)/t13-/m0/s1. The number of hydrogen-bond acceptors (Lipinski definition) is 4. The quantitative estimate of drug-likeness (QED) is 0.598. The molecule has 2 amide bonds. The Hall–Kier alpha value is -2.31. The molecule has 1 aromatic heterocycles. The van der Waals surface area contributed by atoms with Crippen molar-refractivity contribution in [1.82, 2.24) is 15.2 Å². The van der Waals surface area contributed by atoms with Gasteiger partial charge in [0, 0.05) is 23.3 Å². The number of hydrogen-bond donors (Lipinski definition) is 2. The molecule has 0 radical (unpaired) electrons. The molecule has 0 fully saturated rings. The Balaban J connectivity index is 3.14. The van der Waals surface area contributed by atoms with E-state index in [0.717, 1.165) is 0 Å². The molecule has 2 N–H and O–H groups in total. The highest BCUT2D eigenvalue weighted by Gasteiger charge is 2.31. The minimum Gasteiger partial charge on any atom is -0.461 e. The van der Waals surface area contributed by atoms with Crippen LogP contribution in [0.3, 0.4) is 0 Å². The van der Waals surface area contributed by atoms with Gasteiger partial charge < -0.3 is 19.9 Å². The van der Waals surface area contributed by atoms with E-state index in [1.165, 1.54) is 4.90 Å². The fourth-order valence-corrected chi connectivity index (χ4v) is 2.86. The second kappa shape index (κ2) is 8.38. The van der Waals surface area contributed by atoms with Crippen LogP contribution in [0.4, 0.5) is 4.79 Å². The largest absolute Gasteiger partial charge is 0.461 e. The number of nitrogens with one attached hydrogen (secondary N) is 2. The Labute approximate surface area is 155 Å². The van der Waals surface area contributed by atoms with Crippen molar-refractivity contribution in [3.8, 4) is 0 Å². The van der Waals surface area contributed by atoms with Crippen molar-refractivity contribution in [3.05, 3.63) is 22.5 Å². The maximum atomic E-state index is 13.1. The van der Waals surface area contributed by atoms with Gasteiger partial charge in [0.05, 0.1) is 12.6 Å². The number of carbonyl (C=O) groups is 3. The predicted molar refractivity (Wildman–Crippen MR) is 101 cm³/mol. The highest BCUT2D eigenvalue weighted by molar-refractivity contribution is 6.06. The van der Waals surface area contributed by atoms with Gasteiger partial charge in [0.25, 0.3) is 0 Å². The number of carbonyl (C=O) groups excluding carboxylic acids is 3. The molecule has 0 aliphatic carbocycles. The summed E-state index contributed by atoms with van der Waals surface area (Å²) in [6, 6.07) is -0.956. The van der Waals surface area contributed by atoms with Crippen LogP contribution in [-0.2, 0) is 4.74 Å². The average molecular weight is 365 g/mol. The molecule has 0 bridgehead atoms. The molecular weight excluding hydrogens is 334 g/mol. The van der Waals surface area contributed by atoms with Crippen LogP contribution in [0.2, 0.25) is 0 Å². The normalized spacial score (nSPS) is 12.5. The Kier molecular flexibility index (Phi) is 7.00. The molecule has 1 rings (SSSR count). The zero-order chi connectivity index (χ0) is 20.2. The number of likely N-dealkylation sites (N-methyl/N-ethyl adjacent to an activating group) is 1. The first kappa shape index (κ1) is 21.7. The highest BCUT2D eigenvalue weighted by atomic mass is 16.5. The maximum Gasteiger partial charge on any atom is 0.355 e. The molecule has 0 aromatic carbocycles. The topological polar surface area (TPSA) is 91.5 Å². The molecule has 0 saturated carbocycles. The average Bonchev–Trinajstić information content (AvgIpc) is 2.80. The van der Waals surface area contributed by atoms with Gasteiger partial charge in [0.1, 0.15) is 5.69 Å². The summed E-state index contributed by atoms with van der Waals surface area (Å²) < 4.78 is 5.02. The van der Waals surface area contributed by atoms with Crippen molar-refractivity contribution < 1.29 is 19.1 Å². The maximum absolute atomic E-state index is 13.1. The molecule has 0 spiro atoms. The fraction of sp³-hybridized carbons (Fsp3) is 0.632. The first-order valence-corrected chi connectivity index (χ1v) is 8.93. The Morgan fingerprint density at radius 2 is 1.77 bits per heavy atom. The van der Waals surface area contributed by atoms with E-state index in [2.05, 4.69) is 10.3 Å². The van der Waals surface area contributed by atoms with Gasteiger partial charge in [-0.2, -0.15) is 0 Å². The Morgan fingerprint density at radius 1 is 1.19 bits per heavy atom. The monoisotopic (exact) mass is 365 g/mol. The number of ether oxygens (including phenoxy) is 1. The molecule has 0 aliphatic heterocycles. The molecule has 1 atom stereocenters. The number of aromatic amines is 1. The van der Waals surface area contributed by atoms with Crippen LogP contribution < -0.4 is 5.32 Å². The van der Waals surface area contributed by atoms with Crippen molar-refractivity contribution in [2.24, 2.45) is 0 Å². The number of aryl methyl sites for hydroxylation is 1. The number of urea groups is 1. The number of H-pyrrole nitrogens is 1. The fourth-order valence-electron chi connectivity index (χ4n) is 2.86. The van der Waals surface area contributed by atoms with Crippen LogP contribution in [0.1, 0.15) is 73.6 Å². The summed E-state index contributed by atoms with van der Waals surface area (Å²) in [6.45, 7) is 15.0. The lowest BCUT2D eigenvalue weighted by molar-refractivity contribution is 0.0519. The number of esters is 1. The second-order valence-corrected chi connectivity index (χ2v) is 7.35. The Bertz CT molecular complexity index is 686. The van der Waals surface area contributed by atoms with E-state index < -0.39 is 17.6 Å². The van der Waals surface area contributed by atoms with Crippen molar-refractivity contribution in [3.63, 3.8) is 0 Å². The van der Waals surface area contributed by atoms with Gasteiger partial charge in [-0.15, -0.1) is 0 Å². The SMILES string of the molecule is CCOC(=O)c1[nH]c(C)c(C(=O)[C@H](C)N(CC)C(=O)NC(C)(C)C)c1C. The van der Waals surface area contributed by atoms with Crippen LogP contribution >= 0.6 is 0 Å². The van der Waals surface area contributed by atoms with Crippen molar-refractivity contribution in [1.29, 1.82) is 0 Å². The summed E-state index contributed by atoms with van der Waals surface area (Å²) in [5.41, 5.74) is 1.45. The van der Waals surface area contributed by atoms with Crippen molar-refractivity contribution in [2.75, 3.05) is 13.2 Å². The van der Waals surface area contributed by atoms with E-state index in [1.807, 2.05) is 27.7 Å². The van der Waals surface area contributed by atoms with Gasteiger partial charge >= 0.3 is 12.0 Å². The zero-order valence-electron chi connectivity index (χ0n) is 17.1. The summed E-state index contributed by atoms with van der Waals surface area (Å²) in [4.78, 5) is 42.0. The lowest BCUT2D eigenvalue weighted by atomic mass is 10.00. The van der Waals surface area contributed by atoms with Gasteiger partial charge in [-0.1, -0.05) is 0 Å². The third kappa shape index (κ3) is 4.86. The molecule has 1 aromatic rings. The third-order valence-corrected chi connectivity index (χ3v) is 4.09. The minimum absolute atomic E-state index is 0.210. The van der Waals surface area contributed by atoms with Gasteiger partial charge in [-0.25, -0.2) is 9.59 Å².